The highest BCUT2D eigenvalue weighted by Gasteiger charge is 2.28. The zero-order valence-electron chi connectivity index (χ0n) is 9.84. The van der Waals surface area contributed by atoms with E-state index in [0.717, 1.165) is 18.2 Å². The number of nitrogens with two attached hydrogens (primary N) is 1. The lowest BCUT2D eigenvalue weighted by Crippen LogP contribution is -2.43. The molecule has 0 aliphatic heterocycles. The van der Waals surface area contributed by atoms with Crippen molar-refractivity contribution in [2.24, 2.45) is 5.73 Å². The minimum Gasteiger partial charge on any atom is -0.480 e. The molecule has 4 N–H and O–H groups in total. The third-order valence-corrected chi connectivity index (χ3v) is 4.63. The molecule has 0 aliphatic carbocycles. The molecule has 0 saturated carbocycles. The van der Waals surface area contributed by atoms with Gasteiger partial charge >= 0.3 is 5.97 Å². The van der Waals surface area contributed by atoms with E-state index in [-0.39, 0.29) is 9.37 Å². The van der Waals surface area contributed by atoms with E-state index >= 15 is 0 Å². The smallest absolute Gasteiger partial charge is 0.322 e. The lowest BCUT2D eigenvalue weighted by molar-refractivity contribution is -0.140. The zero-order valence-corrected chi connectivity index (χ0v) is 12.2. The first-order valence-corrected chi connectivity index (χ1v) is 7.39. The summed E-state index contributed by atoms with van der Waals surface area (Å²) in [7, 11) is -4.25. The van der Waals surface area contributed by atoms with Crippen LogP contribution in [0.2, 0.25) is 0 Å². The van der Waals surface area contributed by atoms with Gasteiger partial charge in [-0.15, -0.1) is 0 Å². The molecule has 1 rings (SSSR count). The number of halogens is 2. The van der Waals surface area contributed by atoms with E-state index in [0.29, 0.717) is 0 Å². The average molecular weight is 369 g/mol. The molecule has 0 aromatic heterocycles. The van der Waals surface area contributed by atoms with Gasteiger partial charge in [-0.25, -0.2) is 12.8 Å². The molecule has 0 fully saturated rings. The molecule has 110 valence electrons. The van der Waals surface area contributed by atoms with E-state index in [9.17, 15) is 22.4 Å². The fraction of sp³-hybridized carbons (Fsp3) is 0.200. The first-order valence-electron chi connectivity index (χ1n) is 5.12. The van der Waals surface area contributed by atoms with Gasteiger partial charge < -0.3 is 10.8 Å². The summed E-state index contributed by atoms with van der Waals surface area (Å²) in [5.41, 5.74) is 4.84. The van der Waals surface area contributed by atoms with Crippen molar-refractivity contribution in [1.29, 1.82) is 0 Å². The van der Waals surface area contributed by atoms with Crippen LogP contribution in [0.1, 0.15) is 6.42 Å². The van der Waals surface area contributed by atoms with Crippen molar-refractivity contribution >= 4 is 37.8 Å². The standard InChI is InChI=1S/C10H10BrFN2O5S/c11-6-3-5(12)1-2-8(6)20(18,19)14-7(10(16)17)4-9(13)15/h1-3,7,14H,4H2,(H2,13,15)(H,16,17)/t7-/m0/s1. The number of carbonyl (C=O) groups excluding carboxylic acids is 1. The molecular formula is C10H10BrFN2O5S. The van der Waals surface area contributed by atoms with Crippen molar-refractivity contribution in [3.8, 4) is 0 Å². The Morgan fingerprint density at radius 3 is 2.50 bits per heavy atom. The summed E-state index contributed by atoms with van der Waals surface area (Å²) >= 11 is 2.86. The molecule has 0 bridgehead atoms. The maximum absolute atomic E-state index is 12.9. The fourth-order valence-corrected chi connectivity index (χ4v) is 3.56. The summed E-state index contributed by atoms with van der Waals surface area (Å²) in [4.78, 5) is 21.2. The third kappa shape index (κ3) is 4.25. The Balaban J connectivity index is 3.09. The van der Waals surface area contributed by atoms with Crippen LogP contribution in [-0.4, -0.2) is 31.4 Å². The van der Waals surface area contributed by atoms with Crippen LogP contribution in [0.4, 0.5) is 4.39 Å². The molecule has 7 nitrogen and oxygen atoms in total. The van der Waals surface area contributed by atoms with Gasteiger partial charge in [-0.2, -0.15) is 4.72 Å². The molecule has 1 aromatic carbocycles. The van der Waals surface area contributed by atoms with Gasteiger partial charge in [0.1, 0.15) is 11.9 Å². The summed E-state index contributed by atoms with van der Waals surface area (Å²) in [6, 6.07) is 1.08. The number of carbonyl (C=O) groups is 2. The number of sulfonamides is 1. The van der Waals surface area contributed by atoms with Crippen LogP contribution in [0.25, 0.3) is 0 Å². The molecule has 1 aromatic rings. The summed E-state index contributed by atoms with van der Waals surface area (Å²) in [6.07, 6.45) is -0.701. The highest BCUT2D eigenvalue weighted by molar-refractivity contribution is 9.10. The van der Waals surface area contributed by atoms with Crippen molar-refractivity contribution in [2.75, 3.05) is 0 Å². The topological polar surface area (TPSA) is 127 Å². The van der Waals surface area contributed by atoms with Gasteiger partial charge in [0.15, 0.2) is 0 Å². The number of hydrogen-bond acceptors (Lipinski definition) is 4. The van der Waals surface area contributed by atoms with Crippen molar-refractivity contribution in [1.82, 2.24) is 4.72 Å². The van der Waals surface area contributed by atoms with Crippen LogP contribution in [0.3, 0.4) is 0 Å². The largest absolute Gasteiger partial charge is 0.480 e. The van der Waals surface area contributed by atoms with Crippen LogP contribution in [0.15, 0.2) is 27.6 Å². The van der Waals surface area contributed by atoms with Gasteiger partial charge in [-0.1, -0.05) is 0 Å². The van der Waals surface area contributed by atoms with Crippen LogP contribution in [-0.2, 0) is 19.6 Å². The van der Waals surface area contributed by atoms with Crippen LogP contribution in [0.5, 0.6) is 0 Å². The van der Waals surface area contributed by atoms with Crippen molar-refractivity contribution in [3.05, 3.63) is 28.5 Å². The summed E-state index contributed by atoms with van der Waals surface area (Å²) in [5.74, 6) is -3.19. The molecule has 0 saturated heterocycles. The quantitative estimate of drug-likeness (QED) is 0.660. The van der Waals surface area contributed by atoms with Gasteiger partial charge in [-0.05, 0) is 34.1 Å². The number of amides is 1. The SMILES string of the molecule is NC(=O)C[C@H](NS(=O)(=O)c1ccc(F)cc1Br)C(=O)O. The third-order valence-electron chi connectivity index (χ3n) is 2.18. The van der Waals surface area contributed by atoms with Gasteiger partial charge in [0.25, 0.3) is 0 Å². The minimum atomic E-state index is -4.25. The number of nitrogens with one attached hydrogen (secondary N) is 1. The highest BCUT2D eigenvalue weighted by Crippen LogP contribution is 2.23. The Hall–Kier alpha value is -1.52. The number of hydrogen-bond donors (Lipinski definition) is 3. The molecule has 1 atom stereocenters. The lowest BCUT2D eigenvalue weighted by Gasteiger charge is -2.14. The average Bonchev–Trinajstić information content (AvgIpc) is 2.26. The van der Waals surface area contributed by atoms with E-state index in [1.54, 1.807) is 0 Å². The summed E-state index contributed by atoms with van der Waals surface area (Å²) in [5, 5.41) is 8.84. The molecule has 0 spiro atoms. The van der Waals surface area contributed by atoms with E-state index in [1.807, 2.05) is 4.72 Å². The van der Waals surface area contributed by atoms with Crippen molar-refractivity contribution < 1.29 is 27.5 Å². The molecule has 0 aliphatic rings. The number of primary amides is 1. The number of aliphatic carboxylic acids is 1. The van der Waals surface area contributed by atoms with Crippen molar-refractivity contribution in [2.45, 2.75) is 17.4 Å². The molecule has 0 radical (unpaired) electrons. The van der Waals surface area contributed by atoms with Gasteiger partial charge in [-0.3, -0.25) is 9.59 Å². The van der Waals surface area contributed by atoms with Crippen LogP contribution in [0, 0.1) is 5.82 Å². The van der Waals surface area contributed by atoms with Crippen molar-refractivity contribution in [3.63, 3.8) is 0 Å². The molecule has 10 heteroatoms. The lowest BCUT2D eigenvalue weighted by atomic mass is 10.2. The molecule has 20 heavy (non-hydrogen) atoms. The van der Waals surface area contributed by atoms with Gasteiger partial charge in [0.2, 0.25) is 15.9 Å². The van der Waals surface area contributed by atoms with E-state index < -0.39 is 40.2 Å². The van der Waals surface area contributed by atoms with Gasteiger partial charge in [0.05, 0.1) is 11.3 Å². The summed E-state index contributed by atoms with van der Waals surface area (Å²) in [6.45, 7) is 0. The maximum Gasteiger partial charge on any atom is 0.322 e. The maximum atomic E-state index is 12.9. The Morgan fingerprint density at radius 2 is 2.05 bits per heavy atom. The molecule has 0 unspecified atom stereocenters. The van der Waals surface area contributed by atoms with Crippen LogP contribution < -0.4 is 10.5 Å². The first kappa shape index (κ1) is 16.5. The molecule has 0 heterocycles. The number of carboxylic acids is 1. The Bertz CT molecular complexity index is 649. The van der Waals surface area contributed by atoms with E-state index in [2.05, 4.69) is 15.9 Å². The second-order valence-corrected chi connectivity index (χ2v) is 6.29. The monoisotopic (exact) mass is 368 g/mol. The second kappa shape index (κ2) is 6.29. The Kier molecular flexibility index (Phi) is 5.20. The number of rotatable bonds is 6. The second-order valence-electron chi connectivity index (χ2n) is 3.76. The van der Waals surface area contributed by atoms with E-state index in [4.69, 9.17) is 10.8 Å². The zero-order chi connectivity index (χ0) is 15.5. The number of carboxylic acid groups (broad SMARTS) is 1. The Morgan fingerprint density at radius 1 is 1.45 bits per heavy atom. The Labute approximate surface area is 122 Å². The fourth-order valence-electron chi connectivity index (χ4n) is 1.32. The normalized spacial score (nSPS) is 12.9. The predicted molar refractivity (Wildman–Crippen MR) is 69.7 cm³/mol. The highest BCUT2D eigenvalue weighted by atomic mass is 79.9. The molecular weight excluding hydrogens is 359 g/mol. The van der Waals surface area contributed by atoms with Crippen LogP contribution >= 0.6 is 15.9 Å². The number of benzene rings is 1. The first-order chi connectivity index (χ1) is 9.13. The van der Waals surface area contributed by atoms with Gasteiger partial charge in [0, 0.05) is 4.47 Å². The summed E-state index contributed by atoms with van der Waals surface area (Å²) < 4.78 is 38.6. The van der Waals surface area contributed by atoms with E-state index in [1.165, 1.54) is 0 Å². The minimum absolute atomic E-state index is 0.0757. The predicted octanol–water partition coefficient (Wildman–Crippen LogP) is 0.195. The molecule has 1 amide bonds.